The number of imide groups is 1. The molecule has 0 aromatic heterocycles. The summed E-state index contributed by atoms with van der Waals surface area (Å²) in [7, 11) is 0. The number of benzene rings is 4. The van der Waals surface area contributed by atoms with E-state index >= 15 is 0 Å². The van der Waals surface area contributed by atoms with Crippen molar-refractivity contribution in [2.45, 2.75) is 6.04 Å². The van der Waals surface area contributed by atoms with E-state index in [2.05, 4.69) is 58.3 Å². The SMILES string of the molecule is O=C1C(=CN2CCN(C(c3ccccc3)c3ccccc3)CC2)c2ccccc2C(=O)N1c1ccccc1Cl. The lowest BCUT2D eigenvalue weighted by molar-refractivity contribution is -0.112. The van der Waals surface area contributed by atoms with Gasteiger partial charge in [-0.3, -0.25) is 14.5 Å². The van der Waals surface area contributed by atoms with Gasteiger partial charge in [0.05, 0.1) is 22.3 Å². The third kappa shape index (κ3) is 4.87. The molecule has 5 nitrogen and oxygen atoms in total. The Morgan fingerprint density at radius 2 is 1.15 bits per heavy atom. The number of hydrogen-bond acceptors (Lipinski definition) is 4. The summed E-state index contributed by atoms with van der Waals surface area (Å²) in [6, 6.07) is 35.6. The van der Waals surface area contributed by atoms with Gasteiger partial charge in [-0.2, -0.15) is 0 Å². The Bertz CT molecular complexity index is 1490. The Kier molecular flexibility index (Phi) is 7.01. The molecule has 0 atom stereocenters. The Hall–Kier alpha value is -4.19. The fourth-order valence-electron chi connectivity index (χ4n) is 5.52. The van der Waals surface area contributed by atoms with Crippen LogP contribution in [0, 0.1) is 0 Å². The van der Waals surface area contributed by atoms with Crippen LogP contribution in [0.15, 0.2) is 115 Å². The van der Waals surface area contributed by atoms with Crippen molar-refractivity contribution in [3.63, 3.8) is 0 Å². The number of carbonyl (C=O) groups excluding carboxylic acids is 2. The number of halogens is 1. The van der Waals surface area contributed by atoms with E-state index in [1.807, 2.05) is 36.5 Å². The van der Waals surface area contributed by atoms with Crippen LogP contribution in [-0.2, 0) is 4.79 Å². The van der Waals surface area contributed by atoms with Crippen LogP contribution < -0.4 is 4.90 Å². The van der Waals surface area contributed by atoms with E-state index < -0.39 is 0 Å². The van der Waals surface area contributed by atoms with Crippen LogP contribution in [-0.4, -0.2) is 47.8 Å². The number of para-hydroxylation sites is 1. The fourth-order valence-corrected chi connectivity index (χ4v) is 5.74. The highest BCUT2D eigenvalue weighted by Gasteiger charge is 2.37. The molecule has 1 saturated heterocycles. The molecule has 0 spiro atoms. The van der Waals surface area contributed by atoms with Crippen LogP contribution in [0.4, 0.5) is 5.69 Å². The van der Waals surface area contributed by atoms with Crippen LogP contribution in [0.3, 0.4) is 0 Å². The van der Waals surface area contributed by atoms with Gasteiger partial charge in [-0.05, 0) is 29.3 Å². The van der Waals surface area contributed by atoms with Crippen molar-refractivity contribution in [1.29, 1.82) is 0 Å². The number of amides is 2. The van der Waals surface area contributed by atoms with Gasteiger partial charge in [-0.1, -0.05) is 103 Å². The van der Waals surface area contributed by atoms with Gasteiger partial charge in [-0.25, -0.2) is 4.90 Å². The van der Waals surface area contributed by atoms with Crippen molar-refractivity contribution in [1.82, 2.24) is 9.80 Å². The molecule has 2 aliphatic heterocycles. The first kappa shape index (κ1) is 25.1. The van der Waals surface area contributed by atoms with E-state index in [1.54, 1.807) is 30.3 Å². The highest BCUT2D eigenvalue weighted by molar-refractivity contribution is 6.43. The summed E-state index contributed by atoms with van der Waals surface area (Å²) in [5, 5.41) is 0.361. The molecule has 0 unspecified atom stereocenters. The van der Waals surface area contributed by atoms with Gasteiger partial charge >= 0.3 is 0 Å². The first-order valence-electron chi connectivity index (χ1n) is 13.1. The summed E-state index contributed by atoms with van der Waals surface area (Å²) in [5.74, 6) is -0.722. The molecular formula is C33H28ClN3O2. The lowest BCUT2D eigenvalue weighted by Crippen LogP contribution is -2.47. The highest BCUT2D eigenvalue weighted by atomic mass is 35.5. The zero-order valence-electron chi connectivity index (χ0n) is 21.4. The van der Waals surface area contributed by atoms with Crippen molar-refractivity contribution in [3.8, 4) is 0 Å². The molecule has 0 N–H and O–H groups in total. The van der Waals surface area contributed by atoms with Gasteiger partial charge in [0.2, 0.25) is 0 Å². The monoisotopic (exact) mass is 533 g/mol. The molecule has 2 amide bonds. The first-order valence-corrected chi connectivity index (χ1v) is 13.5. The molecule has 1 fully saturated rings. The number of rotatable bonds is 5. The predicted molar refractivity (Wildman–Crippen MR) is 156 cm³/mol. The normalized spacial score (nSPS) is 17.1. The Labute approximate surface area is 233 Å². The Morgan fingerprint density at radius 1 is 0.615 bits per heavy atom. The number of nitrogens with zero attached hydrogens (tertiary/aromatic N) is 3. The van der Waals surface area contributed by atoms with Crippen LogP contribution >= 0.6 is 11.6 Å². The first-order chi connectivity index (χ1) is 19.1. The number of piperazine rings is 1. The average molecular weight is 534 g/mol. The second kappa shape index (κ2) is 10.9. The summed E-state index contributed by atoms with van der Waals surface area (Å²) < 4.78 is 0. The molecule has 6 heteroatoms. The van der Waals surface area contributed by atoms with Gasteiger partial charge in [0.25, 0.3) is 11.8 Å². The number of anilines is 1. The Balaban J connectivity index is 1.29. The molecule has 6 rings (SSSR count). The summed E-state index contributed by atoms with van der Waals surface area (Å²) in [4.78, 5) is 33.1. The Morgan fingerprint density at radius 3 is 1.77 bits per heavy atom. The van der Waals surface area contributed by atoms with Gasteiger partial charge in [0.1, 0.15) is 0 Å². The molecule has 4 aromatic carbocycles. The maximum absolute atomic E-state index is 13.8. The molecule has 2 heterocycles. The predicted octanol–water partition coefficient (Wildman–Crippen LogP) is 6.28. The van der Waals surface area contributed by atoms with E-state index in [4.69, 9.17) is 11.6 Å². The van der Waals surface area contributed by atoms with E-state index in [0.29, 0.717) is 27.4 Å². The van der Waals surface area contributed by atoms with Gasteiger partial charge in [-0.15, -0.1) is 0 Å². The quantitative estimate of drug-likeness (QED) is 0.224. The third-order valence-electron chi connectivity index (χ3n) is 7.43. The van der Waals surface area contributed by atoms with Crippen LogP contribution in [0.1, 0.15) is 33.1 Å². The van der Waals surface area contributed by atoms with Crippen molar-refractivity contribution in [2.24, 2.45) is 0 Å². The third-order valence-corrected chi connectivity index (χ3v) is 7.75. The average Bonchev–Trinajstić information content (AvgIpc) is 2.98. The lowest BCUT2D eigenvalue weighted by Gasteiger charge is -2.40. The summed E-state index contributed by atoms with van der Waals surface area (Å²) in [6.45, 7) is 3.19. The van der Waals surface area contributed by atoms with E-state index in [0.717, 1.165) is 26.2 Å². The number of hydrogen-bond donors (Lipinski definition) is 0. The van der Waals surface area contributed by atoms with Crippen molar-refractivity contribution >= 4 is 34.7 Å². The molecule has 0 bridgehead atoms. The van der Waals surface area contributed by atoms with Crippen LogP contribution in [0.5, 0.6) is 0 Å². The maximum atomic E-state index is 13.8. The second-order valence-corrected chi connectivity index (χ2v) is 10.2. The zero-order valence-corrected chi connectivity index (χ0v) is 22.2. The highest BCUT2D eigenvalue weighted by Crippen LogP contribution is 2.36. The summed E-state index contributed by atoms with van der Waals surface area (Å²) >= 11 is 6.42. The maximum Gasteiger partial charge on any atom is 0.267 e. The standard InChI is InChI=1S/C33H28ClN3O2/c34-29-17-9-10-18-30(29)37-32(38)27-16-8-7-15-26(27)28(33(37)39)23-35-19-21-36(22-20-35)31(24-11-3-1-4-12-24)25-13-5-2-6-14-25/h1-18,23,31H,19-22H2. The topological polar surface area (TPSA) is 43.9 Å². The molecule has 0 aliphatic carbocycles. The largest absolute Gasteiger partial charge is 0.374 e. The number of carbonyl (C=O) groups is 2. The molecule has 39 heavy (non-hydrogen) atoms. The molecule has 194 valence electrons. The minimum Gasteiger partial charge on any atom is -0.374 e. The van der Waals surface area contributed by atoms with Crippen molar-refractivity contribution in [3.05, 3.63) is 143 Å². The second-order valence-electron chi connectivity index (χ2n) is 9.78. The summed E-state index contributed by atoms with van der Waals surface area (Å²) in [5.41, 5.74) is 4.58. The fraction of sp³-hybridized carbons (Fsp3) is 0.152. The molecule has 4 aromatic rings. The molecule has 0 saturated carbocycles. The minimum atomic E-state index is -0.362. The lowest BCUT2D eigenvalue weighted by atomic mass is 9.93. The van der Waals surface area contributed by atoms with Gasteiger partial charge < -0.3 is 4.90 Å². The van der Waals surface area contributed by atoms with Crippen molar-refractivity contribution in [2.75, 3.05) is 31.1 Å². The van der Waals surface area contributed by atoms with Crippen molar-refractivity contribution < 1.29 is 9.59 Å². The smallest absolute Gasteiger partial charge is 0.267 e. The van der Waals surface area contributed by atoms with E-state index in [-0.39, 0.29) is 17.9 Å². The van der Waals surface area contributed by atoms with Crippen LogP contribution in [0.2, 0.25) is 5.02 Å². The van der Waals surface area contributed by atoms with Gasteiger partial charge in [0.15, 0.2) is 0 Å². The molecule has 2 aliphatic rings. The van der Waals surface area contributed by atoms with E-state index in [1.165, 1.54) is 16.0 Å². The van der Waals surface area contributed by atoms with Gasteiger partial charge in [0, 0.05) is 43.5 Å². The van der Waals surface area contributed by atoms with Crippen LogP contribution in [0.25, 0.3) is 5.57 Å². The molecule has 0 radical (unpaired) electrons. The minimum absolute atomic E-state index is 0.160. The molecular weight excluding hydrogens is 506 g/mol. The number of fused-ring (bicyclic) bond motifs is 1. The summed E-state index contributed by atoms with van der Waals surface area (Å²) in [6.07, 6.45) is 1.93. The van der Waals surface area contributed by atoms with E-state index in [9.17, 15) is 9.59 Å². The zero-order chi connectivity index (χ0) is 26.8.